The van der Waals surface area contributed by atoms with Crippen molar-refractivity contribution in [2.75, 3.05) is 45.2 Å². The Balaban J connectivity index is 1.50. The summed E-state index contributed by atoms with van der Waals surface area (Å²) >= 11 is 0. The first-order chi connectivity index (χ1) is 15.1. The molecule has 4 rings (SSSR count). The Kier molecular flexibility index (Phi) is 6.53. The van der Waals surface area contributed by atoms with Crippen molar-refractivity contribution in [2.45, 2.75) is 26.9 Å². The first-order valence-corrected chi connectivity index (χ1v) is 11.0. The number of rotatable bonds is 7. The van der Waals surface area contributed by atoms with Crippen LogP contribution in [0.15, 0.2) is 42.5 Å². The van der Waals surface area contributed by atoms with Gasteiger partial charge in [-0.05, 0) is 55.9 Å². The van der Waals surface area contributed by atoms with E-state index in [-0.39, 0.29) is 5.91 Å². The highest BCUT2D eigenvalue weighted by molar-refractivity contribution is 6.05. The first-order valence-electron chi connectivity index (χ1n) is 11.0. The van der Waals surface area contributed by atoms with Gasteiger partial charge in [0.15, 0.2) is 0 Å². The second kappa shape index (κ2) is 9.49. The molecule has 1 aliphatic heterocycles. The molecule has 0 saturated carbocycles. The maximum atomic E-state index is 12.6. The highest BCUT2D eigenvalue weighted by atomic mass is 16.5. The maximum absolute atomic E-state index is 12.6. The number of nitrogens with one attached hydrogen (secondary N) is 1. The third-order valence-corrected chi connectivity index (χ3v) is 6.03. The van der Waals surface area contributed by atoms with Gasteiger partial charge in [0.05, 0.1) is 24.7 Å². The SMILES string of the molecule is CCN1CCN(Cc2nc3cc(NC(=O)c4ccc(OC)cc4)ccc3n2CC)CC1. The van der Waals surface area contributed by atoms with Crippen LogP contribution in [0.25, 0.3) is 11.0 Å². The van der Waals surface area contributed by atoms with Crippen LogP contribution in [0.1, 0.15) is 30.0 Å². The zero-order valence-corrected chi connectivity index (χ0v) is 18.6. The number of aryl methyl sites for hydroxylation is 1. The molecule has 164 valence electrons. The number of benzene rings is 2. The largest absolute Gasteiger partial charge is 0.497 e. The van der Waals surface area contributed by atoms with E-state index in [9.17, 15) is 4.79 Å². The zero-order chi connectivity index (χ0) is 21.8. The van der Waals surface area contributed by atoms with Crippen LogP contribution in [0.4, 0.5) is 5.69 Å². The summed E-state index contributed by atoms with van der Waals surface area (Å²) in [6.45, 7) is 11.6. The maximum Gasteiger partial charge on any atom is 0.255 e. The average Bonchev–Trinajstić information content (AvgIpc) is 3.15. The Bertz CT molecular complexity index is 1040. The number of fused-ring (bicyclic) bond motifs is 1. The van der Waals surface area contributed by atoms with Gasteiger partial charge < -0.3 is 19.5 Å². The molecule has 1 N–H and O–H groups in total. The van der Waals surface area contributed by atoms with Crippen molar-refractivity contribution in [1.82, 2.24) is 19.4 Å². The summed E-state index contributed by atoms with van der Waals surface area (Å²) in [5.74, 6) is 1.67. The van der Waals surface area contributed by atoms with Gasteiger partial charge in [0, 0.05) is 44.0 Å². The molecule has 2 aromatic carbocycles. The molecule has 31 heavy (non-hydrogen) atoms. The van der Waals surface area contributed by atoms with Crippen molar-refractivity contribution in [3.8, 4) is 5.75 Å². The van der Waals surface area contributed by atoms with E-state index in [0.29, 0.717) is 5.56 Å². The van der Waals surface area contributed by atoms with Crippen molar-refractivity contribution in [3.63, 3.8) is 0 Å². The Hall–Kier alpha value is -2.90. The van der Waals surface area contributed by atoms with Gasteiger partial charge in [-0.15, -0.1) is 0 Å². The molecule has 2 heterocycles. The quantitative estimate of drug-likeness (QED) is 0.633. The normalized spacial score (nSPS) is 15.3. The number of amides is 1. The molecule has 0 unspecified atom stereocenters. The van der Waals surface area contributed by atoms with E-state index in [1.165, 1.54) is 0 Å². The Morgan fingerprint density at radius 3 is 2.35 bits per heavy atom. The number of methoxy groups -OCH3 is 1. The van der Waals surface area contributed by atoms with Gasteiger partial charge in [0.1, 0.15) is 11.6 Å². The molecule has 3 aromatic rings. The molecule has 1 aromatic heterocycles. The molecular weight excluding hydrogens is 390 g/mol. The third kappa shape index (κ3) is 4.73. The number of carbonyl (C=O) groups is 1. The van der Waals surface area contributed by atoms with Crippen LogP contribution in [0.2, 0.25) is 0 Å². The lowest BCUT2D eigenvalue weighted by molar-refractivity contribution is 0.102. The summed E-state index contributed by atoms with van der Waals surface area (Å²) in [6.07, 6.45) is 0. The Morgan fingerprint density at radius 2 is 1.71 bits per heavy atom. The van der Waals surface area contributed by atoms with Gasteiger partial charge >= 0.3 is 0 Å². The minimum Gasteiger partial charge on any atom is -0.497 e. The summed E-state index contributed by atoms with van der Waals surface area (Å²) in [4.78, 5) is 22.5. The van der Waals surface area contributed by atoms with Crippen LogP contribution in [-0.4, -0.2) is 65.1 Å². The van der Waals surface area contributed by atoms with E-state index >= 15 is 0 Å². The summed E-state index contributed by atoms with van der Waals surface area (Å²) in [7, 11) is 1.61. The minimum absolute atomic E-state index is 0.147. The molecule has 0 radical (unpaired) electrons. The second-order valence-corrected chi connectivity index (χ2v) is 7.87. The van der Waals surface area contributed by atoms with E-state index in [1.807, 2.05) is 18.2 Å². The summed E-state index contributed by atoms with van der Waals surface area (Å²) in [5.41, 5.74) is 3.35. The number of hydrogen-bond acceptors (Lipinski definition) is 5. The van der Waals surface area contributed by atoms with Gasteiger partial charge in [-0.25, -0.2) is 4.98 Å². The molecule has 7 nitrogen and oxygen atoms in total. The number of anilines is 1. The van der Waals surface area contributed by atoms with Crippen molar-refractivity contribution < 1.29 is 9.53 Å². The second-order valence-electron chi connectivity index (χ2n) is 7.87. The number of nitrogens with zero attached hydrogens (tertiary/aromatic N) is 4. The van der Waals surface area contributed by atoms with Crippen molar-refractivity contribution >= 4 is 22.6 Å². The van der Waals surface area contributed by atoms with E-state index in [4.69, 9.17) is 9.72 Å². The van der Waals surface area contributed by atoms with Gasteiger partial charge in [-0.1, -0.05) is 6.92 Å². The average molecular weight is 422 g/mol. The molecule has 1 saturated heterocycles. The molecular formula is C24H31N5O2. The number of aromatic nitrogens is 2. The summed E-state index contributed by atoms with van der Waals surface area (Å²) < 4.78 is 7.43. The fraction of sp³-hybridized carbons (Fsp3) is 0.417. The number of ether oxygens (including phenoxy) is 1. The van der Waals surface area contributed by atoms with Crippen LogP contribution in [0.3, 0.4) is 0 Å². The monoisotopic (exact) mass is 421 g/mol. The highest BCUT2D eigenvalue weighted by Crippen LogP contribution is 2.23. The lowest BCUT2D eigenvalue weighted by atomic mass is 10.2. The highest BCUT2D eigenvalue weighted by Gasteiger charge is 2.19. The van der Waals surface area contributed by atoms with Crippen molar-refractivity contribution in [3.05, 3.63) is 53.9 Å². The molecule has 1 fully saturated rings. The first kappa shape index (κ1) is 21.3. The number of piperazine rings is 1. The molecule has 7 heteroatoms. The van der Waals surface area contributed by atoms with Crippen LogP contribution in [-0.2, 0) is 13.1 Å². The van der Waals surface area contributed by atoms with Gasteiger partial charge in [-0.2, -0.15) is 0 Å². The zero-order valence-electron chi connectivity index (χ0n) is 18.6. The molecule has 0 atom stereocenters. The predicted octanol–water partition coefficient (Wildman–Crippen LogP) is 3.45. The Labute approximate surface area is 183 Å². The van der Waals surface area contributed by atoms with E-state index in [0.717, 1.165) is 74.1 Å². The fourth-order valence-electron chi connectivity index (χ4n) is 4.14. The van der Waals surface area contributed by atoms with E-state index in [1.54, 1.807) is 31.4 Å². The summed E-state index contributed by atoms with van der Waals surface area (Å²) in [5, 5.41) is 2.98. The Morgan fingerprint density at radius 1 is 1.00 bits per heavy atom. The van der Waals surface area contributed by atoms with Crippen LogP contribution < -0.4 is 10.1 Å². The third-order valence-electron chi connectivity index (χ3n) is 6.03. The lowest BCUT2D eigenvalue weighted by Gasteiger charge is -2.33. The number of likely N-dealkylation sites (N-methyl/N-ethyl adjacent to an activating group) is 1. The lowest BCUT2D eigenvalue weighted by Crippen LogP contribution is -2.45. The van der Waals surface area contributed by atoms with Gasteiger partial charge in [-0.3, -0.25) is 9.69 Å². The molecule has 1 aliphatic rings. The van der Waals surface area contributed by atoms with Crippen molar-refractivity contribution in [2.24, 2.45) is 0 Å². The topological polar surface area (TPSA) is 62.6 Å². The van der Waals surface area contributed by atoms with E-state index in [2.05, 4.69) is 33.5 Å². The smallest absolute Gasteiger partial charge is 0.255 e. The molecule has 0 aliphatic carbocycles. The van der Waals surface area contributed by atoms with Crippen LogP contribution >= 0.6 is 0 Å². The minimum atomic E-state index is -0.147. The predicted molar refractivity (Wildman–Crippen MR) is 124 cm³/mol. The fourth-order valence-corrected chi connectivity index (χ4v) is 4.14. The summed E-state index contributed by atoms with van der Waals surface area (Å²) in [6, 6.07) is 13.0. The van der Waals surface area contributed by atoms with E-state index < -0.39 is 0 Å². The molecule has 0 bridgehead atoms. The van der Waals surface area contributed by atoms with Gasteiger partial charge in [0.2, 0.25) is 0 Å². The number of hydrogen-bond donors (Lipinski definition) is 1. The molecule has 1 amide bonds. The van der Waals surface area contributed by atoms with Crippen LogP contribution in [0.5, 0.6) is 5.75 Å². The van der Waals surface area contributed by atoms with Crippen molar-refractivity contribution in [1.29, 1.82) is 0 Å². The van der Waals surface area contributed by atoms with Crippen LogP contribution in [0, 0.1) is 0 Å². The number of imidazole rings is 1. The molecule has 0 spiro atoms. The van der Waals surface area contributed by atoms with Gasteiger partial charge in [0.25, 0.3) is 5.91 Å². The number of carbonyl (C=O) groups excluding carboxylic acids is 1. The standard InChI is InChI=1S/C24H31N5O2/c1-4-27-12-14-28(15-13-27)17-23-26-21-16-19(8-11-22(21)29(23)5-2)25-24(30)18-6-9-20(31-3)10-7-18/h6-11,16H,4-5,12-15,17H2,1-3H3,(H,25,30).